The number of carbonyl (C=O) groups is 1. The lowest BCUT2D eigenvalue weighted by atomic mass is 10.1. The molecule has 0 radical (unpaired) electrons. The van der Waals surface area contributed by atoms with Crippen LogP contribution in [-0.4, -0.2) is 61.8 Å². The van der Waals surface area contributed by atoms with Crippen LogP contribution >= 0.6 is 0 Å². The van der Waals surface area contributed by atoms with Crippen molar-refractivity contribution in [3.63, 3.8) is 0 Å². The van der Waals surface area contributed by atoms with Gasteiger partial charge in [-0.2, -0.15) is 0 Å². The van der Waals surface area contributed by atoms with E-state index in [4.69, 9.17) is 4.74 Å². The highest BCUT2D eigenvalue weighted by Gasteiger charge is 2.35. The Hall–Kier alpha value is -0.650. The Morgan fingerprint density at radius 2 is 2.16 bits per heavy atom. The molecule has 1 saturated carbocycles. The van der Waals surface area contributed by atoms with E-state index in [0.717, 1.165) is 32.8 Å². The van der Waals surface area contributed by atoms with Crippen LogP contribution in [-0.2, 0) is 9.53 Å². The highest BCUT2D eigenvalue weighted by atomic mass is 16.5. The molecule has 0 aromatic carbocycles. The summed E-state index contributed by atoms with van der Waals surface area (Å²) in [4.78, 5) is 14.6. The van der Waals surface area contributed by atoms with Gasteiger partial charge in [-0.15, -0.1) is 0 Å². The summed E-state index contributed by atoms with van der Waals surface area (Å²) in [5, 5.41) is 6.78. The smallest absolute Gasteiger partial charge is 0.225 e. The second-order valence-electron chi connectivity index (χ2n) is 5.97. The molecule has 2 aliphatic heterocycles. The Morgan fingerprint density at radius 3 is 2.79 bits per heavy atom. The first kappa shape index (κ1) is 13.3. The third-order valence-corrected chi connectivity index (χ3v) is 4.29. The molecule has 1 amide bonds. The predicted molar refractivity (Wildman–Crippen MR) is 73.0 cm³/mol. The molecule has 5 nitrogen and oxygen atoms in total. The van der Waals surface area contributed by atoms with Gasteiger partial charge in [0.05, 0.1) is 19.1 Å². The molecule has 2 atom stereocenters. The van der Waals surface area contributed by atoms with E-state index in [2.05, 4.69) is 15.5 Å². The van der Waals surface area contributed by atoms with E-state index in [1.807, 2.05) is 0 Å². The van der Waals surface area contributed by atoms with E-state index >= 15 is 0 Å². The second-order valence-corrected chi connectivity index (χ2v) is 5.97. The third-order valence-electron chi connectivity index (χ3n) is 4.29. The monoisotopic (exact) mass is 267 g/mol. The van der Waals surface area contributed by atoms with Crippen molar-refractivity contribution in [1.82, 2.24) is 15.5 Å². The van der Waals surface area contributed by atoms with Crippen molar-refractivity contribution < 1.29 is 9.53 Å². The standard InChI is InChI=1S/C14H25N3O2/c18-14(8-13-9-15-6-7-19-13)17(12-3-4-12)10-11-2-1-5-16-11/h11-13,15-16H,1-10H2/t11-,13+/m1/s1. The maximum atomic E-state index is 12.5. The molecule has 2 saturated heterocycles. The van der Waals surface area contributed by atoms with Crippen LogP contribution in [0.2, 0.25) is 0 Å². The fourth-order valence-electron chi connectivity index (χ4n) is 3.05. The normalized spacial score (nSPS) is 31.4. The van der Waals surface area contributed by atoms with Crippen LogP contribution in [0.15, 0.2) is 0 Å². The molecule has 0 unspecified atom stereocenters. The van der Waals surface area contributed by atoms with Crippen LogP contribution in [0, 0.1) is 0 Å². The summed E-state index contributed by atoms with van der Waals surface area (Å²) in [6.45, 7) is 4.44. The third kappa shape index (κ3) is 3.68. The molecule has 2 heterocycles. The molecule has 3 rings (SSSR count). The van der Waals surface area contributed by atoms with Gasteiger partial charge in [0.15, 0.2) is 0 Å². The molecule has 108 valence electrons. The van der Waals surface area contributed by atoms with Gasteiger partial charge in [0.25, 0.3) is 0 Å². The number of rotatable bonds is 5. The zero-order chi connectivity index (χ0) is 13.1. The maximum absolute atomic E-state index is 12.5. The van der Waals surface area contributed by atoms with Gasteiger partial charge in [-0.05, 0) is 32.2 Å². The zero-order valence-electron chi connectivity index (χ0n) is 11.6. The molecule has 0 aromatic heterocycles. The maximum Gasteiger partial charge on any atom is 0.225 e. The average Bonchev–Trinajstić information content (AvgIpc) is 3.14. The van der Waals surface area contributed by atoms with E-state index in [1.54, 1.807) is 0 Å². The van der Waals surface area contributed by atoms with Crippen molar-refractivity contribution in [2.75, 3.05) is 32.8 Å². The fraction of sp³-hybridized carbons (Fsp3) is 0.929. The molecule has 0 aromatic rings. The first-order chi connectivity index (χ1) is 9.33. The Morgan fingerprint density at radius 1 is 1.26 bits per heavy atom. The van der Waals surface area contributed by atoms with Gasteiger partial charge >= 0.3 is 0 Å². The van der Waals surface area contributed by atoms with E-state index in [9.17, 15) is 4.79 Å². The van der Waals surface area contributed by atoms with Gasteiger partial charge in [0.2, 0.25) is 5.91 Å². The molecule has 2 N–H and O–H groups in total. The van der Waals surface area contributed by atoms with E-state index in [1.165, 1.54) is 25.7 Å². The van der Waals surface area contributed by atoms with Gasteiger partial charge in [-0.3, -0.25) is 4.79 Å². The summed E-state index contributed by atoms with van der Waals surface area (Å²) in [6, 6.07) is 1.02. The lowest BCUT2D eigenvalue weighted by molar-refractivity contribution is -0.135. The topological polar surface area (TPSA) is 53.6 Å². The molecular weight excluding hydrogens is 242 g/mol. The van der Waals surface area contributed by atoms with E-state index in [0.29, 0.717) is 18.5 Å². The molecular formula is C14H25N3O2. The number of amides is 1. The number of morpholine rings is 1. The van der Waals surface area contributed by atoms with Gasteiger partial charge < -0.3 is 20.3 Å². The minimum absolute atomic E-state index is 0.0686. The zero-order valence-corrected chi connectivity index (χ0v) is 11.6. The summed E-state index contributed by atoms with van der Waals surface area (Å²) in [5.41, 5.74) is 0. The minimum atomic E-state index is 0.0686. The molecule has 0 spiro atoms. The van der Waals surface area contributed by atoms with Crippen LogP contribution < -0.4 is 10.6 Å². The van der Waals surface area contributed by atoms with Crippen LogP contribution in [0.25, 0.3) is 0 Å². The summed E-state index contributed by atoms with van der Waals surface area (Å²) in [5.74, 6) is 0.282. The second kappa shape index (κ2) is 6.20. The molecule has 3 aliphatic rings. The molecule has 1 aliphatic carbocycles. The lowest BCUT2D eigenvalue weighted by Gasteiger charge is -2.29. The number of hydrogen-bond donors (Lipinski definition) is 2. The van der Waals surface area contributed by atoms with Crippen molar-refractivity contribution in [3.8, 4) is 0 Å². The predicted octanol–water partition coefficient (Wildman–Crippen LogP) is 0.108. The van der Waals surface area contributed by atoms with Gasteiger partial charge in [0.1, 0.15) is 0 Å². The molecule has 5 heteroatoms. The number of carbonyl (C=O) groups excluding carboxylic acids is 1. The van der Waals surface area contributed by atoms with E-state index in [-0.39, 0.29) is 12.0 Å². The van der Waals surface area contributed by atoms with Gasteiger partial charge in [-0.1, -0.05) is 0 Å². The van der Waals surface area contributed by atoms with Crippen molar-refractivity contribution in [2.45, 2.75) is 50.3 Å². The first-order valence-corrected chi connectivity index (χ1v) is 7.68. The SMILES string of the molecule is O=C(C[C@H]1CNCCO1)N(C[C@H]1CCCN1)C1CC1. The number of nitrogens with one attached hydrogen (secondary N) is 2. The number of hydrogen-bond acceptors (Lipinski definition) is 4. The highest BCUT2D eigenvalue weighted by molar-refractivity contribution is 5.77. The average molecular weight is 267 g/mol. The summed E-state index contributed by atoms with van der Waals surface area (Å²) >= 11 is 0. The summed E-state index contributed by atoms with van der Waals surface area (Å²) in [6.07, 6.45) is 5.42. The Kier molecular flexibility index (Phi) is 4.35. The number of ether oxygens (including phenoxy) is 1. The Bertz CT molecular complexity index is 308. The van der Waals surface area contributed by atoms with Gasteiger partial charge in [-0.25, -0.2) is 0 Å². The van der Waals surface area contributed by atoms with Crippen molar-refractivity contribution in [3.05, 3.63) is 0 Å². The van der Waals surface area contributed by atoms with Crippen LogP contribution in [0.4, 0.5) is 0 Å². The van der Waals surface area contributed by atoms with Crippen molar-refractivity contribution in [2.24, 2.45) is 0 Å². The van der Waals surface area contributed by atoms with Crippen molar-refractivity contribution in [1.29, 1.82) is 0 Å². The van der Waals surface area contributed by atoms with Crippen LogP contribution in [0.5, 0.6) is 0 Å². The van der Waals surface area contributed by atoms with Crippen molar-refractivity contribution >= 4 is 5.91 Å². The van der Waals surface area contributed by atoms with Crippen LogP contribution in [0.1, 0.15) is 32.1 Å². The lowest BCUT2D eigenvalue weighted by Crippen LogP contribution is -2.46. The fourth-order valence-corrected chi connectivity index (χ4v) is 3.05. The van der Waals surface area contributed by atoms with Gasteiger partial charge in [0, 0.05) is 31.7 Å². The largest absolute Gasteiger partial charge is 0.375 e. The first-order valence-electron chi connectivity index (χ1n) is 7.68. The molecule has 19 heavy (non-hydrogen) atoms. The molecule has 0 bridgehead atoms. The highest BCUT2D eigenvalue weighted by Crippen LogP contribution is 2.28. The Labute approximate surface area is 115 Å². The summed E-state index contributed by atoms with van der Waals surface area (Å²) in [7, 11) is 0. The van der Waals surface area contributed by atoms with E-state index < -0.39 is 0 Å². The quantitative estimate of drug-likeness (QED) is 0.742. The molecule has 3 fully saturated rings. The summed E-state index contributed by atoms with van der Waals surface area (Å²) < 4.78 is 5.64. The number of nitrogens with zero attached hydrogens (tertiary/aromatic N) is 1. The van der Waals surface area contributed by atoms with Crippen LogP contribution in [0.3, 0.4) is 0 Å². The Balaban J connectivity index is 1.51. The minimum Gasteiger partial charge on any atom is -0.375 e.